The summed E-state index contributed by atoms with van der Waals surface area (Å²) in [6.07, 6.45) is 0. The number of hydrogen-bond acceptors (Lipinski definition) is 2. The van der Waals surface area contributed by atoms with Gasteiger partial charge in [-0.05, 0) is 49.2 Å². The van der Waals surface area contributed by atoms with Gasteiger partial charge < -0.3 is 9.84 Å². The van der Waals surface area contributed by atoms with Crippen LogP contribution in [0.2, 0.25) is 15.1 Å². The van der Waals surface area contributed by atoms with Crippen molar-refractivity contribution in [1.82, 2.24) is 0 Å². The number of hydrogen-bond donors (Lipinski definition) is 1. The molecule has 3 rings (SSSR count). The number of ether oxygens (including phenoxy) is 1. The summed E-state index contributed by atoms with van der Waals surface area (Å²) in [7, 11) is 0. The molecule has 0 aliphatic carbocycles. The highest BCUT2D eigenvalue weighted by molar-refractivity contribution is 9.10. The Labute approximate surface area is 188 Å². The summed E-state index contributed by atoms with van der Waals surface area (Å²) < 4.78 is 45.8. The number of halogens is 7. The van der Waals surface area contributed by atoms with E-state index in [9.17, 15) is 13.2 Å². The van der Waals surface area contributed by atoms with Crippen LogP contribution in [0.25, 0.3) is 0 Å². The minimum Gasteiger partial charge on any atom is -0.504 e. The van der Waals surface area contributed by atoms with Crippen molar-refractivity contribution in [2.75, 3.05) is 0 Å². The summed E-state index contributed by atoms with van der Waals surface area (Å²) >= 11 is 20.1. The van der Waals surface area contributed by atoms with Gasteiger partial charge >= 0.3 is 0 Å². The Morgan fingerprint density at radius 1 is 0.862 bits per heavy atom. The van der Waals surface area contributed by atoms with E-state index < -0.39 is 23.2 Å². The van der Waals surface area contributed by atoms with Gasteiger partial charge in [-0.15, -0.1) is 0 Å². The number of rotatable bonds is 2. The Hall–Kier alpha value is -1.60. The van der Waals surface area contributed by atoms with Crippen LogP contribution in [-0.4, -0.2) is 5.11 Å². The van der Waals surface area contributed by atoms with Gasteiger partial charge in [-0.1, -0.05) is 62.9 Å². The van der Waals surface area contributed by atoms with E-state index in [2.05, 4.69) is 15.9 Å². The zero-order valence-corrected chi connectivity index (χ0v) is 18.8. The van der Waals surface area contributed by atoms with E-state index in [1.54, 1.807) is 13.8 Å². The first-order valence-corrected chi connectivity index (χ1v) is 9.86. The summed E-state index contributed by atoms with van der Waals surface area (Å²) in [6, 6.07) is 8.60. The fraction of sp³-hybridized carbons (Fsp3) is 0.100. The third-order valence-corrected chi connectivity index (χ3v) is 5.10. The van der Waals surface area contributed by atoms with E-state index in [-0.39, 0.29) is 26.6 Å². The van der Waals surface area contributed by atoms with Gasteiger partial charge in [0.05, 0.1) is 10.0 Å². The highest BCUT2D eigenvalue weighted by Gasteiger charge is 2.16. The van der Waals surface area contributed by atoms with Gasteiger partial charge in [0.15, 0.2) is 23.1 Å². The van der Waals surface area contributed by atoms with E-state index >= 15 is 0 Å². The number of benzene rings is 3. The van der Waals surface area contributed by atoms with E-state index in [1.807, 2.05) is 0 Å². The van der Waals surface area contributed by atoms with E-state index in [0.29, 0.717) is 15.6 Å². The molecule has 0 atom stereocenters. The smallest absolute Gasteiger partial charge is 0.181 e. The second kappa shape index (κ2) is 9.94. The number of phenols is 1. The maximum absolute atomic E-state index is 13.9. The summed E-state index contributed by atoms with van der Waals surface area (Å²) in [5, 5.41) is 8.77. The largest absolute Gasteiger partial charge is 0.504 e. The lowest BCUT2D eigenvalue weighted by Crippen LogP contribution is -1.94. The van der Waals surface area contributed by atoms with Crippen LogP contribution in [0.5, 0.6) is 17.2 Å². The summed E-state index contributed by atoms with van der Waals surface area (Å²) in [4.78, 5) is 0. The van der Waals surface area contributed by atoms with Crippen LogP contribution in [-0.2, 0) is 0 Å². The third kappa shape index (κ3) is 5.72. The van der Waals surface area contributed by atoms with Crippen LogP contribution >= 0.6 is 50.7 Å². The number of aromatic hydroxyl groups is 1. The Morgan fingerprint density at radius 2 is 1.41 bits per heavy atom. The fourth-order valence-electron chi connectivity index (χ4n) is 2.08. The molecule has 3 aromatic rings. The molecule has 0 aromatic heterocycles. The number of phenolic OH excluding ortho intramolecular Hbond substituents is 1. The van der Waals surface area contributed by atoms with Gasteiger partial charge in [-0.25, -0.2) is 13.2 Å². The van der Waals surface area contributed by atoms with Crippen LogP contribution in [0, 0.1) is 31.3 Å². The summed E-state index contributed by atoms with van der Waals surface area (Å²) in [6.45, 7) is 3.13. The molecule has 154 valence electrons. The molecule has 0 radical (unpaired) electrons. The van der Waals surface area contributed by atoms with Gasteiger partial charge in [0.25, 0.3) is 0 Å². The Kier molecular flexibility index (Phi) is 8.11. The summed E-state index contributed by atoms with van der Waals surface area (Å²) in [5.41, 5.74) is 0.757. The van der Waals surface area contributed by atoms with Crippen molar-refractivity contribution in [3.05, 3.63) is 84.5 Å². The van der Waals surface area contributed by atoms with Crippen LogP contribution < -0.4 is 4.74 Å². The molecule has 0 bridgehead atoms. The zero-order valence-electron chi connectivity index (χ0n) is 15.0. The molecule has 3 aromatic carbocycles. The van der Waals surface area contributed by atoms with Crippen molar-refractivity contribution in [2.24, 2.45) is 0 Å². The molecule has 0 saturated carbocycles. The molecule has 0 unspecified atom stereocenters. The van der Waals surface area contributed by atoms with Crippen LogP contribution in [0.3, 0.4) is 0 Å². The average molecular weight is 529 g/mol. The third-order valence-electron chi connectivity index (χ3n) is 3.67. The fourth-order valence-corrected chi connectivity index (χ4v) is 2.97. The molecule has 0 heterocycles. The second-order valence-corrected chi connectivity index (χ2v) is 7.94. The predicted molar refractivity (Wildman–Crippen MR) is 113 cm³/mol. The molecule has 0 aliphatic rings. The summed E-state index contributed by atoms with van der Waals surface area (Å²) in [5.74, 6) is -2.59. The molecule has 0 saturated heterocycles. The van der Waals surface area contributed by atoms with Gasteiger partial charge in [0.1, 0.15) is 16.6 Å². The van der Waals surface area contributed by atoms with Crippen molar-refractivity contribution in [2.45, 2.75) is 13.8 Å². The highest BCUT2D eigenvalue weighted by Crippen LogP contribution is 2.39. The SMILES string of the molecule is Cc1ccc(Cl)c(O)c1F.Cc1ccc(Cl)c(Oc2cc(Br)cc(F)c2Cl)c1F. The van der Waals surface area contributed by atoms with Crippen molar-refractivity contribution in [3.8, 4) is 17.2 Å². The first kappa shape index (κ1) is 23.7. The Balaban J connectivity index is 0.000000253. The Bertz CT molecular complexity index is 1030. The predicted octanol–water partition coefficient (Wildman–Crippen LogP) is 8.63. The Morgan fingerprint density at radius 3 is 2.00 bits per heavy atom. The van der Waals surface area contributed by atoms with Gasteiger partial charge in [-0.3, -0.25) is 0 Å². The van der Waals surface area contributed by atoms with Crippen molar-refractivity contribution < 1.29 is 23.0 Å². The van der Waals surface area contributed by atoms with E-state index in [1.165, 1.54) is 36.4 Å². The lowest BCUT2D eigenvalue weighted by atomic mass is 10.2. The van der Waals surface area contributed by atoms with Gasteiger partial charge in [-0.2, -0.15) is 0 Å². The molecule has 29 heavy (non-hydrogen) atoms. The van der Waals surface area contributed by atoms with E-state index in [4.69, 9.17) is 44.6 Å². The molecule has 0 aliphatic heterocycles. The molecular formula is C20H13BrCl3F3O2. The quantitative estimate of drug-likeness (QED) is 0.338. The van der Waals surface area contributed by atoms with Gasteiger partial charge in [0.2, 0.25) is 0 Å². The number of aryl methyl sites for hydroxylation is 2. The molecule has 0 spiro atoms. The monoisotopic (exact) mass is 526 g/mol. The van der Waals surface area contributed by atoms with Crippen LogP contribution in [0.1, 0.15) is 11.1 Å². The first-order chi connectivity index (χ1) is 13.5. The maximum Gasteiger partial charge on any atom is 0.181 e. The standard InChI is InChI=1S/C13H7BrCl2F2O.C7H6ClFO/c1-6-2-3-8(15)13(12(6)18)19-10-5-7(14)4-9(17)11(10)16;1-4-2-3-5(8)7(10)6(4)9/h2-5H,1H3;2-3,10H,1H3. The van der Waals surface area contributed by atoms with Gasteiger partial charge in [0, 0.05) is 4.47 Å². The average Bonchev–Trinajstić information content (AvgIpc) is 2.67. The molecule has 0 amide bonds. The lowest BCUT2D eigenvalue weighted by Gasteiger charge is -2.12. The van der Waals surface area contributed by atoms with Crippen molar-refractivity contribution in [1.29, 1.82) is 0 Å². The molecule has 0 fully saturated rings. The normalized spacial score (nSPS) is 10.4. The van der Waals surface area contributed by atoms with Crippen molar-refractivity contribution in [3.63, 3.8) is 0 Å². The maximum atomic E-state index is 13.9. The lowest BCUT2D eigenvalue weighted by molar-refractivity contribution is 0.430. The topological polar surface area (TPSA) is 29.5 Å². The molecular weight excluding hydrogens is 515 g/mol. The zero-order chi connectivity index (χ0) is 21.9. The molecule has 2 nitrogen and oxygen atoms in total. The van der Waals surface area contributed by atoms with Crippen LogP contribution in [0.4, 0.5) is 13.2 Å². The van der Waals surface area contributed by atoms with Crippen LogP contribution in [0.15, 0.2) is 40.9 Å². The minimum absolute atomic E-state index is 0.0139. The molecule has 1 N–H and O–H groups in total. The minimum atomic E-state index is -0.671. The second-order valence-electron chi connectivity index (χ2n) is 5.84. The van der Waals surface area contributed by atoms with Crippen molar-refractivity contribution >= 4 is 50.7 Å². The van der Waals surface area contributed by atoms with E-state index in [0.717, 1.165) is 0 Å². The molecule has 9 heteroatoms. The highest BCUT2D eigenvalue weighted by atomic mass is 79.9. The first-order valence-electron chi connectivity index (χ1n) is 7.93.